The second-order valence-corrected chi connectivity index (χ2v) is 5.31. The normalized spacial score (nSPS) is 15.9. The third kappa shape index (κ3) is 5.81. The maximum Gasteiger partial charge on any atom is 0.309 e. The Morgan fingerprint density at radius 1 is 1.27 bits per heavy atom. The summed E-state index contributed by atoms with van der Waals surface area (Å²) in [6, 6.07) is 0. The van der Waals surface area contributed by atoms with Gasteiger partial charge >= 0.3 is 5.97 Å². The monoisotopic (exact) mass is 214 g/mol. The lowest BCUT2D eigenvalue weighted by Gasteiger charge is -2.26. The number of rotatable bonds is 5. The summed E-state index contributed by atoms with van der Waals surface area (Å²) in [7, 11) is 0. The Bertz CT molecular complexity index is 191. The van der Waals surface area contributed by atoms with Gasteiger partial charge in [0.05, 0.1) is 5.92 Å². The molecule has 0 bridgehead atoms. The van der Waals surface area contributed by atoms with Crippen LogP contribution in [0.3, 0.4) is 0 Å². The van der Waals surface area contributed by atoms with Crippen molar-refractivity contribution < 1.29 is 9.53 Å². The van der Waals surface area contributed by atoms with Gasteiger partial charge in [0, 0.05) is 0 Å². The zero-order valence-electron chi connectivity index (χ0n) is 11.1. The van der Waals surface area contributed by atoms with Crippen molar-refractivity contribution in [1.29, 1.82) is 0 Å². The molecular weight excluding hydrogens is 188 g/mol. The summed E-state index contributed by atoms with van der Waals surface area (Å²) in [6.45, 7) is 12.1. The van der Waals surface area contributed by atoms with Crippen LogP contribution in [0.4, 0.5) is 0 Å². The van der Waals surface area contributed by atoms with E-state index in [4.69, 9.17) is 4.74 Å². The maximum absolute atomic E-state index is 11.9. The number of carbonyl (C=O) groups excluding carboxylic acids is 1. The smallest absolute Gasteiger partial charge is 0.309 e. The molecule has 0 aromatic carbocycles. The van der Waals surface area contributed by atoms with Crippen LogP contribution in [-0.4, -0.2) is 11.6 Å². The van der Waals surface area contributed by atoms with Gasteiger partial charge in [0.2, 0.25) is 0 Å². The van der Waals surface area contributed by atoms with Gasteiger partial charge in [-0.05, 0) is 33.1 Å². The predicted molar refractivity (Wildman–Crippen MR) is 63.7 cm³/mol. The summed E-state index contributed by atoms with van der Waals surface area (Å²) < 4.78 is 5.44. The van der Waals surface area contributed by atoms with Crippen LogP contribution < -0.4 is 0 Å². The topological polar surface area (TPSA) is 26.3 Å². The van der Waals surface area contributed by atoms with Gasteiger partial charge < -0.3 is 4.74 Å². The predicted octanol–water partition coefficient (Wildman–Crippen LogP) is 3.79. The summed E-state index contributed by atoms with van der Waals surface area (Å²) in [5.74, 6) is 0.456. The number of hydrogen-bond acceptors (Lipinski definition) is 2. The van der Waals surface area contributed by atoms with Crippen LogP contribution in [0, 0.1) is 11.8 Å². The lowest BCUT2D eigenvalue weighted by Crippen LogP contribution is -2.31. The Labute approximate surface area is 94.4 Å². The van der Waals surface area contributed by atoms with E-state index >= 15 is 0 Å². The third-order valence-electron chi connectivity index (χ3n) is 2.64. The molecule has 0 aliphatic heterocycles. The minimum Gasteiger partial charge on any atom is -0.460 e. The first kappa shape index (κ1) is 14.5. The van der Waals surface area contributed by atoms with Crippen LogP contribution >= 0.6 is 0 Å². The minimum absolute atomic E-state index is 0.0290. The van der Waals surface area contributed by atoms with Crippen molar-refractivity contribution in [2.24, 2.45) is 11.8 Å². The van der Waals surface area contributed by atoms with Crippen LogP contribution in [0.15, 0.2) is 0 Å². The highest BCUT2D eigenvalue weighted by Gasteiger charge is 2.27. The van der Waals surface area contributed by atoms with Gasteiger partial charge in [-0.1, -0.05) is 33.6 Å². The van der Waals surface area contributed by atoms with E-state index in [9.17, 15) is 4.79 Å². The molecule has 0 N–H and O–H groups in total. The van der Waals surface area contributed by atoms with E-state index in [0.717, 1.165) is 19.3 Å². The molecule has 0 aromatic heterocycles. The fourth-order valence-corrected chi connectivity index (χ4v) is 1.61. The maximum atomic E-state index is 11.9. The van der Waals surface area contributed by atoms with E-state index in [1.54, 1.807) is 0 Å². The Morgan fingerprint density at radius 3 is 2.13 bits per heavy atom. The van der Waals surface area contributed by atoms with Gasteiger partial charge in [0.1, 0.15) is 5.60 Å². The Kier molecular flexibility index (Phi) is 5.92. The first-order valence-corrected chi connectivity index (χ1v) is 6.04. The quantitative estimate of drug-likeness (QED) is 0.651. The van der Waals surface area contributed by atoms with Gasteiger partial charge in [0.25, 0.3) is 0 Å². The number of carbonyl (C=O) groups is 1. The molecule has 0 saturated heterocycles. The van der Waals surface area contributed by atoms with Gasteiger partial charge in [-0.3, -0.25) is 4.79 Å². The fraction of sp³-hybridized carbons (Fsp3) is 0.923. The Morgan fingerprint density at radius 2 is 1.80 bits per heavy atom. The van der Waals surface area contributed by atoms with Crippen LogP contribution in [0.25, 0.3) is 0 Å². The standard InChI is InChI=1S/C13H26O2/c1-7-9-11(10(3)8-2)12(14)15-13(4,5)6/h10-11H,7-9H2,1-6H3. The largest absolute Gasteiger partial charge is 0.460 e. The molecular formula is C13H26O2. The van der Waals surface area contributed by atoms with Crippen molar-refractivity contribution in [1.82, 2.24) is 0 Å². The number of hydrogen-bond donors (Lipinski definition) is 0. The lowest BCUT2D eigenvalue weighted by atomic mass is 9.88. The molecule has 0 amide bonds. The molecule has 2 heteroatoms. The van der Waals surface area contributed by atoms with Crippen LogP contribution in [0.1, 0.15) is 60.8 Å². The summed E-state index contributed by atoms with van der Waals surface area (Å²) in [6.07, 6.45) is 3.00. The molecule has 0 saturated carbocycles. The van der Waals surface area contributed by atoms with Crippen molar-refractivity contribution in [2.45, 2.75) is 66.4 Å². The van der Waals surface area contributed by atoms with E-state index < -0.39 is 0 Å². The van der Waals surface area contributed by atoms with Crippen LogP contribution in [0.2, 0.25) is 0 Å². The molecule has 2 unspecified atom stereocenters. The first-order valence-electron chi connectivity index (χ1n) is 6.04. The lowest BCUT2D eigenvalue weighted by molar-refractivity contribution is -0.162. The average Bonchev–Trinajstić information content (AvgIpc) is 2.10. The van der Waals surface area contributed by atoms with Gasteiger partial charge in [-0.2, -0.15) is 0 Å². The summed E-state index contributed by atoms with van der Waals surface area (Å²) in [5, 5.41) is 0. The molecule has 0 radical (unpaired) electrons. The van der Waals surface area contributed by atoms with E-state index in [1.807, 2.05) is 20.8 Å². The summed E-state index contributed by atoms with van der Waals surface area (Å²) in [5.41, 5.74) is -0.365. The molecule has 0 heterocycles. The van der Waals surface area contributed by atoms with E-state index in [1.165, 1.54) is 0 Å². The van der Waals surface area contributed by atoms with Crippen LogP contribution in [-0.2, 0) is 9.53 Å². The molecule has 0 spiro atoms. The number of ether oxygens (including phenoxy) is 1. The third-order valence-corrected chi connectivity index (χ3v) is 2.64. The second-order valence-electron chi connectivity index (χ2n) is 5.31. The van der Waals surface area contributed by atoms with Gasteiger partial charge in [-0.15, -0.1) is 0 Å². The molecule has 0 aliphatic rings. The molecule has 2 atom stereocenters. The van der Waals surface area contributed by atoms with E-state index in [-0.39, 0.29) is 17.5 Å². The average molecular weight is 214 g/mol. The highest BCUT2D eigenvalue weighted by Crippen LogP contribution is 2.24. The minimum atomic E-state index is -0.365. The van der Waals surface area contributed by atoms with Crippen molar-refractivity contribution in [3.63, 3.8) is 0 Å². The van der Waals surface area contributed by atoms with Crippen LogP contribution in [0.5, 0.6) is 0 Å². The van der Waals surface area contributed by atoms with Crippen molar-refractivity contribution in [3.05, 3.63) is 0 Å². The van der Waals surface area contributed by atoms with Crippen molar-refractivity contribution in [2.75, 3.05) is 0 Å². The molecule has 0 aromatic rings. The first-order chi connectivity index (χ1) is 6.81. The highest BCUT2D eigenvalue weighted by atomic mass is 16.6. The molecule has 0 aliphatic carbocycles. The van der Waals surface area contributed by atoms with Crippen molar-refractivity contribution >= 4 is 5.97 Å². The number of esters is 1. The SMILES string of the molecule is CCCC(C(=O)OC(C)(C)C)C(C)CC. The van der Waals surface area contributed by atoms with E-state index in [2.05, 4.69) is 20.8 Å². The molecule has 0 fully saturated rings. The van der Waals surface area contributed by atoms with Gasteiger partial charge in [0.15, 0.2) is 0 Å². The molecule has 90 valence electrons. The Hall–Kier alpha value is -0.530. The highest BCUT2D eigenvalue weighted by molar-refractivity contribution is 5.73. The summed E-state index contributed by atoms with van der Waals surface area (Å²) >= 11 is 0. The second kappa shape index (κ2) is 6.14. The Balaban J connectivity index is 4.42. The van der Waals surface area contributed by atoms with Gasteiger partial charge in [-0.25, -0.2) is 0 Å². The molecule has 0 rings (SSSR count). The zero-order chi connectivity index (χ0) is 12.1. The molecule has 2 nitrogen and oxygen atoms in total. The van der Waals surface area contributed by atoms with Crippen molar-refractivity contribution in [3.8, 4) is 0 Å². The van der Waals surface area contributed by atoms with E-state index in [0.29, 0.717) is 5.92 Å². The zero-order valence-corrected chi connectivity index (χ0v) is 11.1. The molecule has 15 heavy (non-hydrogen) atoms. The summed E-state index contributed by atoms with van der Waals surface area (Å²) in [4.78, 5) is 11.9. The fourth-order valence-electron chi connectivity index (χ4n) is 1.61.